The molecule has 64 valence electrons. The van der Waals surface area contributed by atoms with Gasteiger partial charge in [-0.05, 0) is 6.92 Å². The van der Waals surface area contributed by atoms with Gasteiger partial charge in [0.1, 0.15) is 0 Å². The van der Waals surface area contributed by atoms with Crippen molar-refractivity contribution in [1.29, 1.82) is 0 Å². The molecule has 0 aliphatic carbocycles. The van der Waals surface area contributed by atoms with E-state index in [-0.39, 0.29) is 5.57 Å². The number of carboxylic acid groups (broad SMARTS) is 1. The van der Waals surface area contributed by atoms with Crippen LogP contribution in [0.1, 0.15) is 13.3 Å². The molecule has 1 saturated heterocycles. The molecule has 0 radical (unpaired) electrons. The van der Waals surface area contributed by atoms with Crippen molar-refractivity contribution in [3.63, 3.8) is 0 Å². The molecule has 1 heterocycles. The summed E-state index contributed by atoms with van der Waals surface area (Å²) >= 11 is 0. The molecular formula is C7H12O4. The first kappa shape index (κ1) is 10.1. The maximum absolute atomic E-state index is 9.60. The summed E-state index contributed by atoms with van der Waals surface area (Å²) in [5.41, 5.74) is 0.176. The van der Waals surface area contributed by atoms with E-state index in [2.05, 4.69) is 16.4 Å². The van der Waals surface area contributed by atoms with E-state index in [1.54, 1.807) is 0 Å². The van der Waals surface area contributed by atoms with Gasteiger partial charge in [0.25, 0.3) is 0 Å². The van der Waals surface area contributed by atoms with E-state index >= 15 is 0 Å². The van der Waals surface area contributed by atoms with Crippen molar-refractivity contribution >= 4 is 5.97 Å². The molecule has 0 atom stereocenters. The predicted molar refractivity (Wildman–Crippen MR) is 39.0 cm³/mol. The molecule has 11 heavy (non-hydrogen) atoms. The largest absolute Gasteiger partial charge is 0.478 e. The van der Waals surface area contributed by atoms with Crippen LogP contribution in [0.4, 0.5) is 0 Å². The van der Waals surface area contributed by atoms with Gasteiger partial charge in [-0.15, -0.1) is 0 Å². The van der Waals surface area contributed by atoms with Gasteiger partial charge >= 0.3 is 5.97 Å². The molecule has 4 nitrogen and oxygen atoms in total. The summed E-state index contributed by atoms with van der Waals surface area (Å²) in [6.45, 7) is 6.16. The molecule has 1 rings (SSSR count). The molecule has 0 aromatic carbocycles. The molecular weight excluding hydrogens is 148 g/mol. The zero-order valence-electron chi connectivity index (χ0n) is 6.50. The molecule has 0 unspecified atom stereocenters. The Bertz CT molecular complexity index is 118. The summed E-state index contributed by atoms with van der Waals surface area (Å²) in [6, 6.07) is 0. The van der Waals surface area contributed by atoms with Gasteiger partial charge < -0.3 is 5.11 Å². The van der Waals surface area contributed by atoms with Crippen LogP contribution >= 0.6 is 0 Å². The Kier molecular flexibility index (Phi) is 5.42. The molecule has 4 heteroatoms. The zero-order valence-corrected chi connectivity index (χ0v) is 6.50. The van der Waals surface area contributed by atoms with Gasteiger partial charge in [0.05, 0.1) is 13.2 Å². The maximum atomic E-state index is 9.60. The average molecular weight is 160 g/mol. The highest BCUT2D eigenvalue weighted by molar-refractivity contribution is 5.84. The number of hydrogen-bond acceptors (Lipinski definition) is 3. The van der Waals surface area contributed by atoms with E-state index in [0.29, 0.717) is 0 Å². The highest BCUT2D eigenvalue weighted by Crippen LogP contribution is 1.93. The van der Waals surface area contributed by atoms with Gasteiger partial charge in [0, 0.05) is 12.0 Å². The fourth-order valence-electron chi connectivity index (χ4n) is 0.295. The van der Waals surface area contributed by atoms with Crippen LogP contribution in [0.5, 0.6) is 0 Å². The van der Waals surface area contributed by atoms with Crippen molar-refractivity contribution in [2.24, 2.45) is 0 Å². The Morgan fingerprint density at radius 2 is 1.82 bits per heavy atom. The van der Waals surface area contributed by atoms with E-state index in [4.69, 9.17) is 5.11 Å². The van der Waals surface area contributed by atoms with Crippen molar-refractivity contribution in [1.82, 2.24) is 0 Å². The SMILES string of the molecule is C1COOC1.C=C(C)C(=O)O. The van der Waals surface area contributed by atoms with Gasteiger partial charge in [0.15, 0.2) is 0 Å². The van der Waals surface area contributed by atoms with Crippen LogP contribution in [0.25, 0.3) is 0 Å². The number of carbonyl (C=O) groups is 1. The Balaban J connectivity index is 0.000000183. The summed E-state index contributed by atoms with van der Waals surface area (Å²) < 4.78 is 0. The second-order valence-corrected chi connectivity index (χ2v) is 2.08. The molecule has 1 aliphatic rings. The van der Waals surface area contributed by atoms with Crippen LogP contribution in [-0.4, -0.2) is 24.3 Å². The average Bonchev–Trinajstić information content (AvgIpc) is 2.41. The zero-order chi connectivity index (χ0) is 8.69. The number of carboxylic acids is 1. The molecule has 0 amide bonds. The maximum Gasteiger partial charge on any atom is 0.330 e. The third-order valence-electron chi connectivity index (χ3n) is 0.904. The van der Waals surface area contributed by atoms with E-state index in [0.717, 1.165) is 19.6 Å². The fourth-order valence-corrected chi connectivity index (χ4v) is 0.295. The molecule has 0 bridgehead atoms. The standard InChI is InChI=1S/C4H6O2.C3H6O2/c1-3(2)4(5)6;1-2-4-5-3-1/h1H2,2H3,(H,5,6);1-3H2. The van der Waals surface area contributed by atoms with E-state index in [1.807, 2.05) is 0 Å². The Morgan fingerprint density at radius 1 is 1.45 bits per heavy atom. The second kappa shape index (κ2) is 5.88. The van der Waals surface area contributed by atoms with Gasteiger partial charge in [-0.1, -0.05) is 6.58 Å². The van der Waals surface area contributed by atoms with Crippen molar-refractivity contribution < 1.29 is 19.7 Å². The highest BCUT2D eigenvalue weighted by atomic mass is 17.2. The van der Waals surface area contributed by atoms with Crippen LogP contribution < -0.4 is 0 Å². The Morgan fingerprint density at radius 3 is 1.91 bits per heavy atom. The lowest BCUT2D eigenvalue weighted by Crippen LogP contribution is -1.92. The summed E-state index contributed by atoms with van der Waals surface area (Å²) in [5, 5.41) is 7.89. The van der Waals surface area contributed by atoms with Crippen LogP contribution in [-0.2, 0) is 14.6 Å². The molecule has 1 N–H and O–H groups in total. The first-order valence-electron chi connectivity index (χ1n) is 3.28. The van der Waals surface area contributed by atoms with E-state index < -0.39 is 5.97 Å². The topological polar surface area (TPSA) is 55.8 Å². The summed E-state index contributed by atoms with van der Waals surface area (Å²) in [4.78, 5) is 18.5. The fraction of sp³-hybridized carbons (Fsp3) is 0.571. The summed E-state index contributed by atoms with van der Waals surface area (Å²) in [5.74, 6) is -0.935. The molecule has 0 aromatic heterocycles. The lowest BCUT2D eigenvalue weighted by atomic mass is 10.4. The molecule has 1 aliphatic heterocycles. The highest BCUT2D eigenvalue weighted by Gasteiger charge is 1.95. The molecule has 0 saturated carbocycles. The Hall–Kier alpha value is -0.870. The van der Waals surface area contributed by atoms with Crippen molar-refractivity contribution in [3.05, 3.63) is 12.2 Å². The van der Waals surface area contributed by atoms with Gasteiger partial charge in [-0.3, -0.25) is 0 Å². The normalized spacial score (nSPS) is 15.0. The van der Waals surface area contributed by atoms with Crippen LogP contribution in [0, 0.1) is 0 Å². The quantitative estimate of drug-likeness (QED) is 0.459. The van der Waals surface area contributed by atoms with Gasteiger partial charge in [0.2, 0.25) is 0 Å². The molecule has 1 fully saturated rings. The van der Waals surface area contributed by atoms with E-state index in [9.17, 15) is 4.79 Å². The molecule has 0 aromatic rings. The molecule has 0 spiro atoms. The van der Waals surface area contributed by atoms with Crippen LogP contribution in [0.2, 0.25) is 0 Å². The minimum Gasteiger partial charge on any atom is -0.478 e. The van der Waals surface area contributed by atoms with Crippen molar-refractivity contribution in [2.45, 2.75) is 13.3 Å². The monoisotopic (exact) mass is 160 g/mol. The number of hydrogen-bond donors (Lipinski definition) is 1. The summed E-state index contributed by atoms with van der Waals surface area (Å²) in [7, 11) is 0. The van der Waals surface area contributed by atoms with Crippen molar-refractivity contribution in [3.8, 4) is 0 Å². The van der Waals surface area contributed by atoms with Gasteiger partial charge in [-0.25, -0.2) is 14.6 Å². The smallest absolute Gasteiger partial charge is 0.330 e. The lowest BCUT2D eigenvalue weighted by molar-refractivity contribution is -0.248. The minimum absolute atomic E-state index is 0.176. The lowest BCUT2D eigenvalue weighted by Gasteiger charge is -1.79. The van der Waals surface area contributed by atoms with Crippen LogP contribution in [0.3, 0.4) is 0 Å². The third-order valence-corrected chi connectivity index (χ3v) is 0.904. The van der Waals surface area contributed by atoms with Gasteiger partial charge in [-0.2, -0.15) is 0 Å². The minimum atomic E-state index is -0.935. The predicted octanol–water partition coefficient (Wildman–Crippen LogP) is 0.985. The first-order chi connectivity index (χ1) is 5.14. The summed E-state index contributed by atoms with van der Waals surface area (Å²) in [6.07, 6.45) is 1.06. The Labute approximate surface area is 65.4 Å². The number of aliphatic carboxylic acids is 1. The number of rotatable bonds is 1. The van der Waals surface area contributed by atoms with E-state index in [1.165, 1.54) is 6.92 Å². The van der Waals surface area contributed by atoms with Crippen LogP contribution in [0.15, 0.2) is 12.2 Å². The first-order valence-corrected chi connectivity index (χ1v) is 3.28. The third kappa shape index (κ3) is 7.02. The second-order valence-electron chi connectivity index (χ2n) is 2.08. The van der Waals surface area contributed by atoms with Crippen molar-refractivity contribution in [2.75, 3.05) is 13.2 Å².